The van der Waals surface area contributed by atoms with Gasteiger partial charge in [-0.1, -0.05) is 6.42 Å². The van der Waals surface area contributed by atoms with Gasteiger partial charge in [-0.25, -0.2) is 0 Å². The van der Waals surface area contributed by atoms with E-state index >= 15 is 0 Å². The second-order valence-electron chi connectivity index (χ2n) is 6.38. The van der Waals surface area contributed by atoms with Crippen LogP contribution in [0.1, 0.15) is 57.8 Å². The van der Waals surface area contributed by atoms with Crippen LogP contribution in [-0.2, 0) is 9.59 Å². The lowest BCUT2D eigenvalue weighted by Crippen LogP contribution is -2.45. The fourth-order valence-corrected chi connectivity index (χ4v) is 3.50. The largest absolute Gasteiger partial charge is 0.370 e. The first kappa shape index (κ1) is 16.3. The van der Waals surface area contributed by atoms with Gasteiger partial charge in [0.15, 0.2) is 0 Å². The van der Waals surface area contributed by atoms with Crippen LogP contribution >= 0.6 is 0 Å². The molecule has 5 heteroatoms. The van der Waals surface area contributed by atoms with E-state index in [-0.39, 0.29) is 11.8 Å². The summed E-state index contributed by atoms with van der Waals surface area (Å²) in [5, 5.41) is 0. The highest BCUT2D eigenvalue weighted by molar-refractivity contribution is 5.76. The molecule has 0 aromatic rings. The minimum Gasteiger partial charge on any atom is -0.370 e. The Labute approximate surface area is 127 Å². The molecule has 0 aromatic heterocycles. The summed E-state index contributed by atoms with van der Waals surface area (Å²) >= 11 is 0. The summed E-state index contributed by atoms with van der Waals surface area (Å²) < 4.78 is 0. The molecule has 2 fully saturated rings. The summed E-state index contributed by atoms with van der Waals surface area (Å²) in [7, 11) is 0. The Bertz CT molecular complexity index is 345. The van der Waals surface area contributed by atoms with Crippen LogP contribution in [0.2, 0.25) is 0 Å². The Morgan fingerprint density at radius 3 is 2.14 bits per heavy atom. The number of hydrogen-bond donors (Lipinski definition) is 1. The lowest BCUT2D eigenvalue weighted by molar-refractivity contribution is -0.132. The van der Waals surface area contributed by atoms with Gasteiger partial charge in [-0.3, -0.25) is 9.59 Å². The van der Waals surface area contributed by atoms with Gasteiger partial charge in [0, 0.05) is 32.0 Å². The van der Waals surface area contributed by atoms with Gasteiger partial charge in [-0.15, -0.1) is 0 Å². The molecule has 0 unspecified atom stereocenters. The highest BCUT2D eigenvalue weighted by Gasteiger charge is 2.27. The monoisotopic (exact) mass is 295 g/mol. The maximum absolute atomic E-state index is 12.1. The molecule has 0 bridgehead atoms. The van der Waals surface area contributed by atoms with Crippen LogP contribution < -0.4 is 5.73 Å². The Kier molecular flexibility index (Phi) is 6.49. The number of rotatable bonds is 7. The van der Waals surface area contributed by atoms with E-state index in [2.05, 4.69) is 4.90 Å². The summed E-state index contributed by atoms with van der Waals surface area (Å²) in [5.74, 6) is 0.0410. The molecule has 120 valence electrons. The Morgan fingerprint density at radius 2 is 1.52 bits per heavy atom. The topological polar surface area (TPSA) is 66.6 Å². The van der Waals surface area contributed by atoms with Crippen molar-refractivity contribution in [2.75, 3.05) is 26.2 Å². The summed E-state index contributed by atoms with van der Waals surface area (Å²) in [6.45, 7) is 4.33. The van der Waals surface area contributed by atoms with Gasteiger partial charge in [0.05, 0.1) is 0 Å². The zero-order valence-corrected chi connectivity index (χ0v) is 13.1. The Morgan fingerprint density at radius 1 is 0.905 bits per heavy atom. The summed E-state index contributed by atoms with van der Waals surface area (Å²) in [5.41, 5.74) is 5.10. The molecule has 2 N–H and O–H groups in total. The van der Waals surface area contributed by atoms with Crippen LogP contribution in [-0.4, -0.2) is 53.8 Å². The number of carbonyl (C=O) groups is 2. The number of primary amides is 1. The van der Waals surface area contributed by atoms with Crippen molar-refractivity contribution in [3.8, 4) is 0 Å². The number of amides is 2. The normalized spacial score (nSPS) is 20.9. The molecule has 0 atom stereocenters. The molecular formula is C16H29N3O2. The molecule has 0 radical (unpaired) electrons. The lowest BCUT2D eigenvalue weighted by atomic mass is 10.0. The molecule has 5 nitrogen and oxygen atoms in total. The predicted octanol–water partition coefficient (Wildman–Crippen LogP) is 1.51. The third-order valence-electron chi connectivity index (χ3n) is 4.79. The number of nitrogens with zero attached hydrogens (tertiary/aromatic N) is 2. The molecule has 21 heavy (non-hydrogen) atoms. The maximum atomic E-state index is 12.1. The van der Waals surface area contributed by atoms with Crippen molar-refractivity contribution in [3.05, 3.63) is 0 Å². The minimum absolute atomic E-state index is 0.245. The van der Waals surface area contributed by atoms with E-state index in [4.69, 9.17) is 5.73 Å². The van der Waals surface area contributed by atoms with Crippen molar-refractivity contribution >= 4 is 11.8 Å². The molecule has 2 saturated heterocycles. The van der Waals surface area contributed by atoms with Crippen LogP contribution in [0.5, 0.6) is 0 Å². The molecule has 2 heterocycles. The number of unbranched alkanes of at least 4 members (excludes halogenated alkanes) is 2. The average Bonchev–Trinajstić information content (AvgIpc) is 3.01. The van der Waals surface area contributed by atoms with Crippen molar-refractivity contribution in [2.24, 2.45) is 5.73 Å². The number of hydrogen-bond acceptors (Lipinski definition) is 3. The summed E-state index contributed by atoms with van der Waals surface area (Å²) in [4.78, 5) is 27.4. The highest BCUT2D eigenvalue weighted by Crippen LogP contribution is 2.21. The molecular weight excluding hydrogens is 266 g/mol. The van der Waals surface area contributed by atoms with Crippen LogP contribution in [0.25, 0.3) is 0 Å². The molecule has 2 aliphatic rings. The van der Waals surface area contributed by atoms with E-state index < -0.39 is 0 Å². The van der Waals surface area contributed by atoms with Crippen LogP contribution in [0, 0.1) is 0 Å². The van der Waals surface area contributed by atoms with Crippen LogP contribution in [0.4, 0.5) is 0 Å². The molecule has 2 aliphatic heterocycles. The van der Waals surface area contributed by atoms with E-state index in [1.165, 1.54) is 25.9 Å². The van der Waals surface area contributed by atoms with Gasteiger partial charge in [0.2, 0.25) is 11.8 Å². The average molecular weight is 295 g/mol. The van der Waals surface area contributed by atoms with Crippen molar-refractivity contribution in [1.82, 2.24) is 9.80 Å². The first-order valence-corrected chi connectivity index (χ1v) is 8.47. The number of piperidine rings is 1. The van der Waals surface area contributed by atoms with E-state index in [0.29, 0.717) is 18.9 Å². The number of carbonyl (C=O) groups excluding carboxylic acids is 2. The fraction of sp³-hybridized carbons (Fsp3) is 0.875. The third kappa shape index (κ3) is 5.30. The van der Waals surface area contributed by atoms with Crippen molar-refractivity contribution in [3.63, 3.8) is 0 Å². The van der Waals surface area contributed by atoms with Crippen molar-refractivity contribution in [2.45, 2.75) is 63.8 Å². The zero-order valence-electron chi connectivity index (χ0n) is 13.1. The van der Waals surface area contributed by atoms with E-state index in [1.54, 1.807) is 0 Å². The third-order valence-corrected chi connectivity index (χ3v) is 4.79. The van der Waals surface area contributed by atoms with E-state index in [1.807, 2.05) is 4.90 Å². The Hall–Kier alpha value is -1.10. The zero-order chi connectivity index (χ0) is 15.1. The van der Waals surface area contributed by atoms with Gasteiger partial charge in [-0.2, -0.15) is 0 Å². The minimum atomic E-state index is -0.245. The molecule has 0 aliphatic carbocycles. The molecule has 2 rings (SSSR count). The Balaban J connectivity index is 1.58. The standard InChI is InChI=1S/C16H29N3O2/c17-15(20)6-2-1-3-7-16(21)19-12-8-14(9-13-19)18-10-4-5-11-18/h14H,1-13H2,(H2,17,20). The maximum Gasteiger partial charge on any atom is 0.222 e. The second-order valence-corrected chi connectivity index (χ2v) is 6.38. The van der Waals surface area contributed by atoms with Gasteiger partial charge in [0.1, 0.15) is 0 Å². The van der Waals surface area contributed by atoms with Crippen molar-refractivity contribution in [1.29, 1.82) is 0 Å². The van der Waals surface area contributed by atoms with Gasteiger partial charge in [-0.05, 0) is 51.6 Å². The fourth-order valence-electron chi connectivity index (χ4n) is 3.50. The van der Waals surface area contributed by atoms with E-state index in [0.717, 1.165) is 45.2 Å². The number of nitrogens with two attached hydrogens (primary N) is 1. The lowest BCUT2D eigenvalue weighted by Gasteiger charge is -2.36. The summed E-state index contributed by atoms with van der Waals surface area (Å²) in [6.07, 6.45) is 8.59. The van der Waals surface area contributed by atoms with E-state index in [9.17, 15) is 9.59 Å². The van der Waals surface area contributed by atoms with Crippen LogP contribution in [0.15, 0.2) is 0 Å². The molecule has 0 aromatic carbocycles. The molecule has 2 amide bonds. The van der Waals surface area contributed by atoms with Crippen molar-refractivity contribution < 1.29 is 9.59 Å². The summed E-state index contributed by atoms with van der Waals surface area (Å²) in [6, 6.07) is 0.701. The molecule has 0 saturated carbocycles. The highest BCUT2D eigenvalue weighted by atomic mass is 16.2. The van der Waals surface area contributed by atoms with Gasteiger partial charge < -0.3 is 15.5 Å². The second kappa shape index (κ2) is 8.37. The van der Waals surface area contributed by atoms with Crippen LogP contribution in [0.3, 0.4) is 0 Å². The quantitative estimate of drug-likeness (QED) is 0.724. The molecule has 0 spiro atoms. The predicted molar refractivity (Wildman–Crippen MR) is 82.7 cm³/mol. The SMILES string of the molecule is NC(=O)CCCCCC(=O)N1CCC(N2CCCC2)CC1. The van der Waals surface area contributed by atoms with Gasteiger partial charge >= 0.3 is 0 Å². The first-order chi connectivity index (χ1) is 10.2. The number of likely N-dealkylation sites (tertiary alicyclic amines) is 2. The van der Waals surface area contributed by atoms with Gasteiger partial charge in [0.25, 0.3) is 0 Å². The first-order valence-electron chi connectivity index (χ1n) is 8.47. The smallest absolute Gasteiger partial charge is 0.222 e.